The van der Waals surface area contributed by atoms with Crippen LogP contribution in [0.5, 0.6) is 0 Å². The SMILES string of the molecule is CCC1(C)CCN(c2nc(NN)nc3ccccc23)CC1. The molecule has 0 amide bonds. The maximum atomic E-state index is 5.51. The van der Waals surface area contributed by atoms with Crippen molar-refractivity contribution < 1.29 is 0 Å². The molecule has 2 heterocycles. The van der Waals surface area contributed by atoms with Crippen molar-refractivity contribution in [2.24, 2.45) is 11.3 Å². The summed E-state index contributed by atoms with van der Waals surface area (Å²) >= 11 is 0. The summed E-state index contributed by atoms with van der Waals surface area (Å²) in [5.74, 6) is 6.98. The maximum absolute atomic E-state index is 5.51. The second-order valence-corrected chi connectivity index (χ2v) is 6.18. The Morgan fingerprint density at radius 3 is 2.62 bits per heavy atom. The molecule has 1 aliphatic heterocycles. The molecule has 112 valence electrons. The lowest BCUT2D eigenvalue weighted by Gasteiger charge is -2.39. The second kappa shape index (κ2) is 5.48. The van der Waals surface area contributed by atoms with E-state index in [0.717, 1.165) is 29.8 Å². The highest BCUT2D eigenvalue weighted by Gasteiger charge is 2.29. The van der Waals surface area contributed by atoms with Crippen LogP contribution in [0.4, 0.5) is 11.8 Å². The highest BCUT2D eigenvalue weighted by molar-refractivity contribution is 5.90. The molecule has 0 saturated carbocycles. The van der Waals surface area contributed by atoms with E-state index in [4.69, 9.17) is 5.84 Å². The summed E-state index contributed by atoms with van der Waals surface area (Å²) in [6.45, 7) is 6.74. The molecule has 2 aromatic rings. The Morgan fingerprint density at radius 1 is 1.24 bits per heavy atom. The van der Waals surface area contributed by atoms with Gasteiger partial charge in [-0.25, -0.2) is 10.8 Å². The Hall–Kier alpha value is -1.88. The highest BCUT2D eigenvalue weighted by Crippen LogP contribution is 2.36. The zero-order valence-corrected chi connectivity index (χ0v) is 12.8. The number of aromatic nitrogens is 2. The van der Waals surface area contributed by atoms with Crippen LogP contribution < -0.4 is 16.2 Å². The smallest absolute Gasteiger partial charge is 0.239 e. The lowest BCUT2D eigenvalue weighted by Crippen LogP contribution is -2.39. The van der Waals surface area contributed by atoms with Gasteiger partial charge in [-0.1, -0.05) is 32.4 Å². The molecule has 0 bridgehead atoms. The summed E-state index contributed by atoms with van der Waals surface area (Å²) in [6, 6.07) is 8.11. The number of para-hydroxylation sites is 1. The van der Waals surface area contributed by atoms with Gasteiger partial charge >= 0.3 is 0 Å². The molecule has 1 fully saturated rings. The summed E-state index contributed by atoms with van der Waals surface area (Å²) in [7, 11) is 0. The van der Waals surface area contributed by atoms with E-state index in [9.17, 15) is 0 Å². The average molecular weight is 285 g/mol. The predicted octanol–water partition coefficient (Wildman–Crippen LogP) is 2.93. The van der Waals surface area contributed by atoms with Crippen molar-refractivity contribution in [3.05, 3.63) is 24.3 Å². The number of hydrogen-bond donors (Lipinski definition) is 2. The molecule has 0 aliphatic carbocycles. The van der Waals surface area contributed by atoms with Crippen LogP contribution in [0, 0.1) is 5.41 Å². The van der Waals surface area contributed by atoms with Crippen LogP contribution in [-0.2, 0) is 0 Å². The maximum Gasteiger partial charge on any atom is 0.239 e. The van der Waals surface area contributed by atoms with Crippen LogP contribution in [0.2, 0.25) is 0 Å². The van der Waals surface area contributed by atoms with E-state index in [1.54, 1.807) is 0 Å². The Balaban J connectivity index is 1.97. The minimum Gasteiger partial charge on any atom is -0.356 e. The molecule has 5 heteroatoms. The third-order valence-corrected chi connectivity index (χ3v) is 4.84. The van der Waals surface area contributed by atoms with Gasteiger partial charge in [0.25, 0.3) is 0 Å². The van der Waals surface area contributed by atoms with Crippen molar-refractivity contribution in [1.82, 2.24) is 9.97 Å². The quantitative estimate of drug-likeness (QED) is 0.670. The van der Waals surface area contributed by atoms with Gasteiger partial charge in [-0.3, -0.25) is 5.43 Å². The van der Waals surface area contributed by atoms with Gasteiger partial charge in [0.05, 0.1) is 5.52 Å². The van der Waals surface area contributed by atoms with Crippen molar-refractivity contribution >= 4 is 22.7 Å². The van der Waals surface area contributed by atoms with E-state index >= 15 is 0 Å². The van der Waals surface area contributed by atoms with Crippen molar-refractivity contribution in [3.63, 3.8) is 0 Å². The molecular weight excluding hydrogens is 262 g/mol. The number of hydrazine groups is 1. The first-order chi connectivity index (χ1) is 10.1. The molecule has 5 nitrogen and oxygen atoms in total. The summed E-state index contributed by atoms with van der Waals surface area (Å²) in [5.41, 5.74) is 3.97. The van der Waals surface area contributed by atoms with Gasteiger partial charge < -0.3 is 4.90 Å². The third-order valence-electron chi connectivity index (χ3n) is 4.84. The standard InChI is InChI=1S/C16H23N5/c1-3-16(2)8-10-21(11-9-16)14-12-6-4-5-7-13(12)18-15(19-14)20-17/h4-7H,3,8-11,17H2,1-2H3,(H,18,19,20). The van der Waals surface area contributed by atoms with Crippen LogP contribution >= 0.6 is 0 Å². The van der Waals surface area contributed by atoms with E-state index in [-0.39, 0.29) is 0 Å². The number of fused-ring (bicyclic) bond motifs is 1. The molecule has 0 unspecified atom stereocenters. The van der Waals surface area contributed by atoms with Gasteiger partial charge in [0.15, 0.2) is 0 Å². The van der Waals surface area contributed by atoms with Crippen molar-refractivity contribution in [1.29, 1.82) is 0 Å². The summed E-state index contributed by atoms with van der Waals surface area (Å²) in [6.07, 6.45) is 3.64. The minimum absolute atomic E-state index is 0.467. The zero-order chi connectivity index (χ0) is 14.9. The largest absolute Gasteiger partial charge is 0.356 e. The number of nitrogens with one attached hydrogen (secondary N) is 1. The molecule has 0 atom stereocenters. The number of rotatable bonds is 3. The predicted molar refractivity (Wildman–Crippen MR) is 87.2 cm³/mol. The number of nitrogen functional groups attached to an aromatic ring is 1. The van der Waals surface area contributed by atoms with E-state index < -0.39 is 0 Å². The monoisotopic (exact) mass is 285 g/mol. The number of piperidine rings is 1. The molecule has 1 saturated heterocycles. The van der Waals surface area contributed by atoms with Gasteiger partial charge in [0, 0.05) is 18.5 Å². The first kappa shape index (κ1) is 14.1. The van der Waals surface area contributed by atoms with Gasteiger partial charge in [0.2, 0.25) is 5.95 Å². The number of nitrogens with zero attached hydrogens (tertiary/aromatic N) is 3. The van der Waals surface area contributed by atoms with Gasteiger partial charge in [-0.05, 0) is 30.4 Å². The number of hydrogen-bond acceptors (Lipinski definition) is 5. The molecule has 3 N–H and O–H groups in total. The van der Waals surface area contributed by atoms with Crippen molar-refractivity contribution in [3.8, 4) is 0 Å². The zero-order valence-electron chi connectivity index (χ0n) is 12.8. The number of nitrogens with two attached hydrogens (primary N) is 1. The van der Waals surface area contributed by atoms with Crippen molar-refractivity contribution in [2.45, 2.75) is 33.1 Å². The Kier molecular flexibility index (Phi) is 3.68. The molecule has 3 rings (SSSR count). The first-order valence-electron chi connectivity index (χ1n) is 7.63. The Bertz CT molecular complexity index is 632. The molecule has 1 aliphatic rings. The van der Waals surface area contributed by atoms with Crippen LogP contribution in [0.3, 0.4) is 0 Å². The summed E-state index contributed by atoms with van der Waals surface area (Å²) < 4.78 is 0. The van der Waals surface area contributed by atoms with E-state index in [1.807, 2.05) is 18.2 Å². The van der Waals surface area contributed by atoms with Crippen LogP contribution in [0.25, 0.3) is 10.9 Å². The lowest BCUT2D eigenvalue weighted by atomic mass is 9.78. The summed E-state index contributed by atoms with van der Waals surface area (Å²) in [4.78, 5) is 11.4. The summed E-state index contributed by atoms with van der Waals surface area (Å²) in [5, 5.41) is 1.09. The Labute approximate surface area is 125 Å². The van der Waals surface area contributed by atoms with Gasteiger partial charge in [-0.15, -0.1) is 0 Å². The fourth-order valence-corrected chi connectivity index (χ4v) is 2.98. The topological polar surface area (TPSA) is 67.1 Å². The van der Waals surface area contributed by atoms with Crippen LogP contribution in [0.15, 0.2) is 24.3 Å². The van der Waals surface area contributed by atoms with E-state index in [2.05, 4.69) is 40.2 Å². The molecule has 21 heavy (non-hydrogen) atoms. The van der Waals surface area contributed by atoms with E-state index in [0.29, 0.717) is 11.4 Å². The fraction of sp³-hybridized carbons (Fsp3) is 0.500. The minimum atomic E-state index is 0.467. The Morgan fingerprint density at radius 2 is 1.95 bits per heavy atom. The lowest BCUT2D eigenvalue weighted by molar-refractivity contribution is 0.238. The van der Waals surface area contributed by atoms with Crippen molar-refractivity contribution in [2.75, 3.05) is 23.4 Å². The normalized spacial score (nSPS) is 18.0. The van der Waals surface area contributed by atoms with Crippen LogP contribution in [-0.4, -0.2) is 23.1 Å². The third kappa shape index (κ3) is 2.65. The molecule has 1 aromatic heterocycles. The number of benzene rings is 1. The second-order valence-electron chi connectivity index (χ2n) is 6.18. The van der Waals surface area contributed by atoms with E-state index in [1.165, 1.54) is 19.3 Å². The highest BCUT2D eigenvalue weighted by atomic mass is 15.3. The fourth-order valence-electron chi connectivity index (χ4n) is 2.98. The number of anilines is 2. The molecular formula is C16H23N5. The molecule has 0 spiro atoms. The van der Waals surface area contributed by atoms with Gasteiger partial charge in [0.1, 0.15) is 5.82 Å². The molecule has 0 radical (unpaired) electrons. The van der Waals surface area contributed by atoms with Gasteiger partial charge in [-0.2, -0.15) is 4.98 Å². The van der Waals surface area contributed by atoms with Crippen LogP contribution in [0.1, 0.15) is 33.1 Å². The average Bonchev–Trinajstić information content (AvgIpc) is 2.54. The molecule has 1 aromatic carbocycles. The first-order valence-corrected chi connectivity index (χ1v) is 7.63.